The fraction of sp³-hybridized carbons (Fsp3) is 0.316. The minimum Gasteiger partial charge on any atom is -0.491 e. The minimum absolute atomic E-state index is 0.0121. The van der Waals surface area contributed by atoms with Crippen molar-refractivity contribution in [3.8, 4) is 5.75 Å². The Morgan fingerprint density at radius 2 is 1.93 bits per heavy atom. The van der Waals surface area contributed by atoms with Crippen LogP contribution in [0.3, 0.4) is 0 Å². The first-order valence-corrected chi connectivity index (χ1v) is 8.40. The highest BCUT2D eigenvalue weighted by Crippen LogP contribution is 2.31. The lowest BCUT2D eigenvalue weighted by molar-refractivity contribution is -0.137. The van der Waals surface area contributed by atoms with Crippen molar-refractivity contribution in [3.63, 3.8) is 0 Å². The van der Waals surface area contributed by atoms with Gasteiger partial charge in [-0.3, -0.25) is 4.79 Å². The van der Waals surface area contributed by atoms with Crippen molar-refractivity contribution < 1.29 is 36.2 Å². The van der Waals surface area contributed by atoms with Crippen molar-refractivity contribution in [2.75, 3.05) is 26.3 Å². The molecule has 0 radical (unpaired) electrons. The van der Waals surface area contributed by atoms with Crippen molar-refractivity contribution in [1.29, 1.82) is 0 Å². The predicted molar refractivity (Wildman–Crippen MR) is 88.9 cm³/mol. The summed E-state index contributed by atoms with van der Waals surface area (Å²) < 4.78 is 76.2. The van der Waals surface area contributed by atoms with Crippen LogP contribution in [0.4, 0.5) is 22.0 Å². The third-order valence-electron chi connectivity index (χ3n) is 4.21. The topological polar surface area (TPSA) is 38.8 Å². The summed E-state index contributed by atoms with van der Waals surface area (Å²) in [6.07, 6.45) is -5.11. The van der Waals surface area contributed by atoms with Gasteiger partial charge in [0.25, 0.3) is 5.91 Å². The SMILES string of the molecule is O=C(c1cccc(F)c1F)N1CCOC(COc2cccc(C(F)(F)F)c2)C1. The van der Waals surface area contributed by atoms with Crippen LogP contribution < -0.4 is 4.74 Å². The van der Waals surface area contributed by atoms with Gasteiger partial charge in [-0.05, 0) is 30.3 Å². The molecule has 1 fully saturated rings. The lowest BCUT2D eigenvalue weighted by atomic mass is 10.1. The molecule has 0 aromatic heterocycles. The normalized spacial score (nSPS) is 17.5. The van der Waals surface area contributed by atoms with Gasteiger partial charge in [-0.2, -0.15) is 13.2 Å². The zero-order chi connectivity index (χ0) is 20.3. The van der Waals surface area contributed by atoms with E-state index in [0.717, 1.165) is 18.2 Å². The Kier molecular flexibility index (Phi) is 5.83. The Hall–Kier alpha value is -2.68. The summed E-state index contributed by atoms with van der Waals surface area (Å²) in [7, 11) is 0. The van der Waals surface area contributed by atoms with E-state index in [1.807, 2.05) is 0 Å². The van der Waals surface area contributed by atoms with E-state index in [1.54, 1.807) is 0 Å². The van der Waals surface area contributed by atoms with Gasteiger partial charge >= 0.3 is 6.18 Å². The van der Waals surface area contributed by atoms with E-state index < -0.39 is 35.4 Å². The van der Waals surface area contributed by atoms with E-state index in [1.165, 1.54) is 29.2 Å². The zero-order valence-electron chi connectivity index (χ0n) is 14.5. The van der Waals surface area contributed by atoms with Gasteiger partial charge in [-0.1, -0.05) is 12.1 Å². The van der Waals surface area contributed by atoms with E-state index in [0.29, 0.717) is 0 Å². The van der Waals surface area contributed by atoms with Gasteiger partial charge in [-0.25, -0.2) is 8.78 Å². The predicted octanol–water partition coefficient (Wildman–Crippen LogP) is 3.90. The average molecular weight is 401 g/mol. The summed E-state index contributed by atoms with van der Waals surface area (Å²) in [4.78, 5) is 13.7. The number of hydrogen-bond acceptors (Lipinski definition) is 3. The monoisotopic (exact) mass is 401 g/mol. The number of alkyl halides is 3. The molecule has 0 aliphatic carbocycles. The number of rotatable bonds is 4. The molecule has 1 aliphatic heterocycles. The van der Waals surface area contributed by atoms with Crippen LogP contribution in [-0.2, 0) is 10.9 Å². The Bertz CT molecular complexity index is 856. The molecular weight excluding hydrogens is 385 g/mol. The van der Waals surface area contributed by atoms with Crippen LogP contribution in [-0.4, -0.2) is 43.2 Å². The first-order chi connectivity index (χ1) is 13.3. The van der Waals surface area contributed by atoms with Crippen molar-refractivity contribution in [2.45, 2.75) is 12.3 Å². The molecule has 1 aliphatic rings. The van der Waals surface area contributed by atoms with Gasteiger partial charge in [0.2, 0.25) is 0 Å². The number of ether oxygens (including phenoxy) is 2. The highest BCUT2D eigenvalue weighted by Gasteiger charge is 2.31. The number of carbonyl (C=O) groups excluding carboxylic acids is 1. The zero-order valence-corrected chi connectivity index (χ0v) is 14.5. The third-order valence-corrected chi connectivity index (χ3v) is 4.21. The standard InChI is InChI=1S/C19H16F5NO3/c20-16-6-2-5-15(17(16)21)18(26)25-7-8-27-14(10-25)11-28-13-4-1-3-12(9-13)19(22,23)24/h1-6,9,14H,7-8,10-11H2. The quantitative estimate of drug-likeness (QED) is 0.730. The molecule has 0 saturated carbocycles. The van der Waals surface area contributed by atoms with Gasteiger partial charge in [0.1, 0.15) is 18.5 Å². The maximum atomic E-state index is 13.8. The number of amides is 1. The summed E-state index contributed by atoms with van der Waals surface area (Å²) >= 11 is 0. The number of carbonyl (C=O) groups is 1. The first-order valence-electron chi connectivity index (χ1n) is 8.40. The van der Waals surface area contributed by atoms with E-state index in [2.05, 4.69) is 0 Å². The van der Waals surface area contributed by atoms with Crippen LogP contribution in [0.1, 0.15) is 15.9 Å². The van der Waals surface area contributed by atoms with Crippen LogP contribution in [0.25, 0.3) is 0 Å². The van der Waals surface area contributed by atoms with Gasteiger partial charge in [0, 0.05) is 6.54 Å². The highest BCUT2D eigenvalue weighted by molar-refractivity contribution is 5.94. The van der Waals surface area contributed by atoms with Gasteiger partial charge in [0.15, 0.2) is 11.6 Å². The van der Waals surface area contributed by atoms with Gasteiger partial charge in [0.05, 0.1) is 24.3 Å². The molecule has 150 valence electrons. The molecule has 0 N–H and O–H groups in total. The smallest absolute Gasteiger partial charge is 0.416 e. The molecule has 2 aromatic carbocycles. The molecule has 4 nitrogen and oxygen atoms in total. The summed E-state index contributed by atoms with van der Waals surface area (Å²) in [6.45, 7) is 0.249. The summed E-state index contributed by atoms with van der Waals surface area (Å²) in [6, 6.07) is 7.74. The van der Waals surface area contributed by atoms with E-state index in [-0.39, 0.29) is 37.6 Å². The molecule has 9 heteroatoms. The average Bonchev–Trinajstić information content (AvgIpc) is 2.68. The second-order valence-electron chi connectivity index (χ2n) is 6.18. The molecule has 2 aromatic rings. The fourth-order valence-corrected chi connectivity index (χ4v) is 2.80. The molecule has 3 rings (SSSR count). The largest absolute Gasteiger partial charge is 0.491 e. The Morgan fingerprint density at radius 1 is 1.18 bits per heavy atom. The van der Waals surface area contributed by atoms with E-state index in [4.69, 9.17) is 9.47 Å². The highest BCUT2D eigenvalue weighted by atomic mass is 19.4. The second kappa shape index (κ2) is 8.14. The minimum atomic E-state index is -4.49. The second-order valence-corrected chi connectivity index (χ2v) is 6.18. The van der Waals surface area contributed by atoms with Crippen LogP contribution in [0, 0.1) is 11.6 Å². The maximum absolute atomic E-state index is 13.8. The van der Waals surface area contributed by atoms with Gasteiger partial charge in [-0.15, -0.1) is 0 Å². The number of nitrogens with zero attached hydrogens (tertiary/aromatic N) is 1. The molecule has 1 heterocycles. The van der Waals surface area contributed by atoms with Crippen LogP contribution in [0.15, 0.2) is 42.5 Å². The third kappa shape index (κ3) is 4.59. The van der Waals surface area contributed by atoms with E-state index in [9.17, 15) is 26.7 Å². The molecule has 28 heavy (non-hydrogen) atoms. The van der Waals surface area contributed by atoms with Crippen molar-refractivity contribution in [2.24, 2.45) is 0 Å². The maximum Gasteiger partial charge on any atom is 0.416 e. The lowest BCUT2D eigenvalue weighted by Gasteiger charge is -2.33. The molecular formula is C19H16F5NO3. The molecule has 1 unspecified atom stereocenters. The fourth-order valence-electron chi connectivity index (χ4n) is 2.80. The number of morpholine rings is 1. The Morgan fingerprint density at radius 3 is 2.68 bits per heavy atom. The van der Waals surface area contributed by atoms with Crippen LogP contribution in [0.5, 0.6) is 5.75 Å². The van der Waals surface area contributed by atoms with Crippen molar-refractivity contribution in [1.82, 2.24) is 4.90 Å². The first kappa shape index (κ1) is 20.1. The summed E-state index contributed by atoms with van der Waals surface area (Å²) in [5.74, 6) is -3.03. The molecule has 1 saturated heterocycles. The summed E-state index contributed by atoms with van der Waals surface area (Å²) in [5, 5.41) is 0. The van der Waals surface area contributed by atoms with Crippen LogP contribution in [0.2, 0.25) is 0 Å². The van der Waals surface area contributed by atoms with E-state index >= 15 is 0 Å². The molecule has 1 atom stereocenters. The number of hydrogen-bond donors (Lipinski definition) is 0. The Balaban J connectivity index is 1.63. The number of benzene rings is 2. The lowest BCUT2D eigenvalue weighted by Crippen LogP contribution is -2.47. The Labute approximate surface area is 157 Å². The molecule has 0 bridgehead atoms. The van der Waals surface area contributed by atoms with Crippen LogP contribution >= 0.6 is 0 Å². The van der Waals surface area contributed by atoms with Gasteiger partial charge < -0.3 is 14.4 Å². The van der Waals surface area contributed by atoms with Crippen molar-refractivity contribution in [3.05, 3.63) is 65.2 Å². The number of halogens is 5. The molecule has 0 spiro atoms. The summed E-state index contributed by atoms with van der Waals surface area (Å²) in [5.41, 5.74) is -1.23. The molecule has 1 amide bonds. The van der Waals surface area contributed by atoms with Crippen molar-refractivity contribution >= 4 is 5.91 Å².